The van der Waals surface area contributed by atoms with Crippen molar-refractivity contribution in [1.82, 2.24) is 0 Å². The van der Waals surface area contributed by atoms with E-state index in [0.29, 0.717) is 71.7 Å². The zero-order valence-corrected chi connectivity index (χ0v) is 82.6. The van der Waals surface area contributed by atoms with Crippen LogP contribution < -0.4 is 42.1 Å². The Balaban J connectivity index is 0.000000367. The normalized spacial score (nSPS) is 10.6. The molecular formula is C98H120Br4N18O11. The monoisotopic (exact) mass is 2040 g/mol. The Labute approximate surface area is 803 Å². The molecule has 0 aliphatic rings. The number of benzene rings is 8. The van der Waals surface area contributed by atoms with Gasteiger partial charge in [-0.2, -0.15) is 21.0 Å². The van der Waals surface area contributed by atoms with E-state index in [4.69, 9.17) is 20.9 Å². The van der Waals surface area contributed by atoms with Gasteiger partial charge in [0, 0.05) is 98.7 Å². The maximum Gasteiger partial charge on any atom is 0.333 e. The van der Waals surface area contributed by atoms with Crippen LogP contribution in [0, 0.1) is 45.3 Å². The van der Waals surface area contributed by atoms with Crippen LogP contribution in [0.1, 0.15) is 184 Å². The number of amides is 3. The minimum absolute atomic E-state index is 0.0270. The number of nitrogens with one attached hydrogen (secondary N) is 3. The summed E-state index contributed by atoms with van der Waals surface area (Å²) in [6.07, 6.45) is 15.9. The summed E-state index contributed by atoms with van der Waals surface area (Å²) in [5, 5.41) is 110. The molecule has 0 aromatic heterocycles. The van der Waals surface area contributed by atoms with Crippen LogP contribution in [0.5, 0.6) is 0 Å². The first-order valence-corrected chi connectivity index (χ1v) is 46.3. The Kier molecular flexibility index (Phi) is 52.4. The number of hydrogen-bond acceptors (Lipinski definition) is 26. The lowest BCUT2D eigenvalue weighted by atomic mass is 10.0. The fraction of sp³-hybridized carbons (Fsp3) is 0.378. The highest BCUT2D eigenvalue weighted by atomic mass is 79.9. The van der Waals surface area contributed by atoms with Crippen molar-refractivity contribution in [2.45, 2.75) is 166 Å². The van der Waals surface area contributed by atoms with E-state index in [1.807, 2.05) is 35.2 Å². The van der Waals surface area contributed by atoms with E-state index in [2.05, 4.69) is 207 Å². The molecule has 8 aromatic carbocycles. The predicted octanol–water partition coefficient (Wildman–Crippen LogP) is 22.6. The molecule has 131 heavy (non-hydrogen) atoms. The van der Waals surface area contributed by atoms with Crippen molar-refractivity contribution in [2.75, 3.05) is 121 Å². The maximum atomic E-state index is 12.1. The van der Waals surface area contributed by atoms with Crippen LogP contribution in [-0.2, 0) is 65.6 Å². The van der Waals surface area contributed by atoms with Crippen LogP contribution in [0.25, 0.3) is 0 Å². The molecule has 0 saturated heterocycles. The molecule has 0 aliphatic carbocycles. The number of rotatable bonds is 43. The van der Waals surface area contributed by atoms with E-state index >= 15 is 0 Å². The molecule has 11 N–H and O–H groups in total. The minimum atomic E-state index is -0.532. The number of nitrogens with zero attached hydrogens (tertiary/aromatic N) is 13. The Hall–Kier alpha value is -11.9. The van der Waals surface area contributed by atoms with E-state index < -0.39 is 11.9 Å². The lowest BCUT2D eigenvalue weighted by Crippen LogP contribution is -2.32. The van der Waals surface area contributed by atoms with Gasteiger partial charge in [0.15, 0.2) is 0 Å². The first-order chi connectivity index (χ1) is 62.8. The molecule has 0 fully saturated rings. The van der Waals surface area contributed by atoms with Crippen molar-refractivity contribution in [3.8, 4) is 24.3 Å². The van der Waals surface area contributed by atoms with Crippen LogP contribution in [0.3, 0.4) is 0 Å². The number of azo groups is 3. The van der Waals surface area contributed by atoms with Crippen molar-refractivity contribution in [1.29, 1.82) is 21.0 Å². The average molecular weight is 2050 g/mol. The number of carbonyl (C=O) groups is 5. The SMILES string of the molecule is C=C(C)C(=O)OCCN(CCOC(=O)C(=C)C)c1ccc(N=Nc2c(C#N)cc(CCCC)cc2C#N)c(NC(C)=O)c1.CCCCc1cc(Br)c(N)c(Br)c1.CCCCc1cc(Br)c(N=Nc2ccc(N(CCO)CCO)cc2NC(C)=O)c(Br)c1.CCCCc1cc(C#N)c(N=Nc2ccc(N(CCO)CCO)cc2NC(C)=O)c(C#N)c1.CCCCc1ccc(N)cc1. The quantitative estimate of drug-likeness (QED) is 0.00742. The number of ether oxygens (including phenoxy) is 2. The third kappa shape index (κ3) is 39.8. The number of hydrogen-bond donors (Lipinski definition) is 9. The fourth-order valence-corrected chi connectivity index (χ4v) is 15.1. The van der Waals surface area contributed by atoms with Crippen LogP contribution in [0.4, 0.5) is 79.6 Å². The summed E-state index contributed by atoms with van der Waals surface area (Å²) < 4.78 is 14.1. The summed E-state index contributed by atoms with van der Waals surface area (Å²) in [4.78, 5) is 64.6. The number of unbranched alkanes of at least 4 members (excludes halogenated alkanes) is 5. The molecule has 0 bridgehead atoms. The summed E-state index contributed by atoms with van der Waals surface area (Å²) in [7, 11) is 0. The largest absolute Gasteiger partial charge is 0.460 e. The van der Waals surface area contributed by atoms with Gasteiger partial charge in [-0.25, -0.2) is 9.59 Å². The lowest BCUT2D eigenvalue weighted by Gasteiger charge is -2.25. The van der Waals surface area contributed by atoms with Crippen LogP contribution >= 0.6 is 63.7 Å². The molecule has 0 radical (unpaired) electrons. The number of carbonyl (C=O) groups excluding carboxylic acids is 5. The van der Waals surface area contributed by atoms with Crippen molar-refractivity contribution >= 4 is 173 Å². The van der Waals surface area contributed by atoms with Gasteiger partial charge < -0.3 is 72.0 Å². The zero-order valence-electron chi connectivity index (χ0n) is 76.3. The predicted molar refractivity (Wildman–Crippen MR) is 535 cm³/mol. The van der Waals surface area contributed by atoms with Gasteiger partial charge in [-0.3, -0.25) is 14.4 Å². The van der Waals surface area contributed by atoms with Gasteiger partial charge in [0.25, 0.3) is 0 Å². The lowest BCUT2D eigenvalue weighted by molar-refractivity contribution is -0.139. The Morgan fingerprint density at radius 1 is 0.374 bits per heavy atom. The second-order valence-corrected chi connectivity index (χ2v) is 33.5. The van der Waals surface area contributed by atoms with Crippen molar-refractivity contribution in [3.63, 3.8) is 0 Å². The van der Waals surface area contributed by atoms with E-state index in [1.54, 1.807) is 96.4 Å². The molecular weight excluding hydrogens is 1920 g/mol. The summed E-state index contributed by atoms with van der Waals surface area (Å²) in [5.41, 5.74) is 25.5. The molecule has 696 valence electrons. The van der Waals surface area contributed by atoms with Gasteiger partial charge >= 0.3 is 11.9 Å². The third-order valence-electron chi connectivity index (χ3n) is 19.2. The number of aliphatic hydroxyl groups is 4. The molecule has 29 nitrogen and oxygen atoms in total. The second kappa shape index (κ2) is 61.6. The second-order valence-electron chi connectivity index (χ2n) is 30.1. The highest BCUT2D eigenvalue weighted by molar-refractivity contribution is 9.11. The van der Waals surface area contributed by atoms with E-state index in [-0.39, 0.29) is 121 Å². The molecule has 0 heterocycles. The highest BCUT2D eigenvalue weighted by Crippen LogP contribution is 2.41. The highest BCUT2D eigenvalue weighted by Gasteiger charge is 2.20. The molecule has 8 rings (SSSR count). The van der Waals surface area contributed by atoms with E-state index in [0.717, 1.165) is 110 Å². The van der Waals surface area contributed by atoms with E-state index in [1.165, 1.54) is 69.6 Å². The first kappa shape index (κ1) is 111. The molecule has 0 unspecified atom stereocenters. The number of nitrogen functional groups attached to an aromatic ring is 2. The van der Waals surface area contributed by atoms with Crippen molar-refractivity contribution in [3.05, 3.63) is 220 Å². The molecule has 33 heteroatoms. The average Bonchev–Trinajstić information content (AvgIpc) is 0.822. The molecule has 3 amide bonds. The van der Waals surface area contributed by atoms with Gasteiger partial charge in [-0.05, 0) is 285 Å². The molecule has 0 aliphatic heterocycles. The smallest absolute Gasteiger partial charge is 0.333 e. The topological polar surface area (TPSA) is 452 Å². The number of esters is 2. The number of aryl methyl sites for hydroxylation is 5. The van der Waals surface area contributed by atoms with E-state index in [9.17, 15) is 65.4 Å². The molecule has 8 aromatic rings. The van der Waals surface area contributed by atoms with Crippen LogP contribution in [0.15, 0.2) is 200 Å². The molecule has 0 spiro atoms. The number of nitrogens with two attached hydrogens (primary N) is 2. The van der Waals surface area contributed by atoms with Crippen molar-refractivity contribution < 1.29 is 53.9 Å². The Bertz CT molecular complexity index is 5250. The minimum Gasteiger partial charge on any atom is -0.460 e. The van der Waals surface area contributed by atoms with Crippen molar-refractivity contribution in [2.24, 2.45) is 30.7 Å². The summed E-state index contributed by atoms with van der Waals surface area (Å²) in [5.74, 6) is -1.96. The summed E-state index contributed by atoms with van der Waals surface area (Å²) >= 11 is 14.0. The van der Waals surface area contributed by atoms with Crippen LogP contribution in [0.2, 0.25) is 0 Å². The Morgan fingerprint density at radius 2 is 0.641 bits per heavy atom. The number of nitriles is 4. The van der Waals surface area contributed by atoms with Crippen LogP contribution in [-0.4, -0.2) is 129 Å². The van der Waals surface area contributed by atoms with Gasteiger partial charge in [0.05, 0.1) is 84.5 Å². The summed E-state index contributed by atoms with van der Waals surface area (Å²) in [6, 6.07) is 47.0. The maximum absolute atomic E-state index is 12.1. The van der Waals surface area contributed by atoms with Gasteiger partial charge in [0.1, 0.15) is 71.6 Å². The molecule has 0 atom stereocenters. The molecule has 0 saturated carbocycles. The zero-order chi connectivity index (χ0) is 96.9. The summed E-state index contributed by atoms with van der Waals surface area (Å²) in [6.45, 7) is 26.7. The fourth-order valence-electron chi connectivity index (χ4n) is 12.4. The Morgan fingerprint density at radius 3 is 0.908 bits per heavy atom. The number of anilines is 8. The van der Waals surface area contributed by atoms with Gasteiger partial charge in [0.2, 0.25) is 17.7 Å². The van der Waals surface area contributed by atoms with Gasteiger partial charge in [-0.15, -0.1) is 30.7 Å². The third-order valence-corrected chi connectivity index (χ3v) is 21.7. The first-order valence-electron chi connectivity index (χ1n) is 43.2. The number of halogens is 4. The standard InChI is InChI=1S/C32H36N6O5.C24H28N6O3.C22H28Br2N4O3.C10H13Br2N.C10H15N/c1-7-8-9-24-16-25(19-33)30(26(17-24)20-34)37-36-28-11-10-27(18-29(28)35-23(6)39)38(12-14-42-31(40)21(2)3)13-15-43-32(41)22(4)5;1-3-4-5-18-12-19(15-25)24(20(13-18)16-26)29-28-22-7-6-21(14-23(22)27-17(2)33)30(8-10-31)9-11-32;1-3-4-5-16-12-18(23)22(19(24)13-16)27-26-20-7-6-17(14-21(20)25-15(2)31)28(8-10-29)9-11-30;1-2-3-4-7-5-8(11)10(13)9(12)6-7;1-2-3-4-9-5-7-10(11)8-6-9/h10-11,16-18H,2,4,7-9,12-15H2,1,3,5-6H3,(H,35,39);6-7,12-14,31-32H,3-5,8-11H2,1-2H3,(H,27,33);6-7,12-14,29-30H,3-5,8-11H2,1-2H3,(H,25,31);5-6H,2-4,13H2,1H3;5-8H,2-4,11H2,1H3. The van der Waals surface area contributed by atoms with Gasteiger partial charge in [-0.1, -0.05) is 92.0 Å². The number of aliphatic hydroxyl groups excluding tert-OH is 4.